The largest absolute Gasteiger partial charge is 0.344 e. The SMILES string of the molecule is CC[C@H](C)[C@@H](NC(=O)C1CC1)c1nc(-c2ccc(Cl)cc2)no1. The molecule has 122 valence electrons. The Morgan fingerprint density at radius 1 is 1.39 bits per heavy atom. The molecule has 1 fully saturated rings. The van der Waals surface area contributed by atoms with E-state index in [4.69, 9.17) is 16.1 Å². The summed E-state index contributed by atoms with van der Waals surface area (Å²) < 4.78 is 5.43. The summed E-state index contributed by atoms with van der Waals surface area (Å²) in [5.41, 5.74) is 0.834. The average molecular weight is 334 g/mol. The smallest absolute Gasteiger partial charge is 0.249 e. The molecule has 2 atom stereocenters. The number of carbonyl (C=O) groups is 1. The van der Waals surface area contributed by atoms with Crippen LogP contribution >= 0.6 is 11.6 Å². The topological polar surface area (TPSA) is 68.0 Å². The summed E-state index contributed by atoms with van der Waals surface area (Å²) in [6, 6.07) is 7.01. The molecule has 0 unspecified atom stereocenters. The van der Waals surface area contributed by atoms with Crippen LogP contribution in [-0.2, 0) is 4.79 Å². The van der Waals surface area contributed by atoms with Gasteiger partial charge in [0.15, 0.2) is 0 Å². The van der Waals surface area contributed by atoms with E-state index in [1.54, 1.807) is 12.1 Å². The maximum Gasteiger partial charge on any atom is 0.249 e. The number of rotatable bonds is 6. The Labute approximate surface area is 140 Å². The van der Waals surface area contributed by atoms with E-state index in [2.05, 4.69) is 29.3 Å². The number of halogens is 1. The van der Waals surface area contributed by atoms with Gasteiger partial charge in [0.1, 0.15) is 6.04 Å². The number of nitrogens with zero attached hydrogens (tertiary/aromatic N) is 2. The molecule has 2 aromatic rings. The fraction of sp³-hybridized carbons (Fsp3) is 0.471. The van der Waals surface area contributed by atoms with Crippen LogP contribution in [0.2, 0.25) is 5.02 Å². The highest BCUT2D eigenvalue weighted by Gasteiger charge is 2.34. The zero-order chi connectivity index (χ0) is 16.4. The van der Waals surface area contributed by atoms with Gasteiger partial charge in [0.2, 0.25) is 17.6 Å². The third-order valence-electron chi connectivity index (χ3n) is 4.27. The molecule has 1 heterocycles. The number of hydrogen-bond donors (Lipinski definition) is 1. The molecule has 0 radical (unpaired) electrons. The summed E-state index contributed by atoms with van der Waals surface area (Å²) in [5.74, 6) is 1.42. The first-order valence-electron chi connectivity index (χ1n) is 7.98. The lowest BCUT2D eigenvalue weighted by Gasteiger charge is -2.20. The van der Waals surface area contributed by atoms with Crippen molar-refractivity contribution in [3.05, 3.63) is 35.2 Å². The number of carbonyl (C=O) groups excluding carboxylic acids is 1. The quantitative estimate of drug-likeness (QED) is 0.867. The number of benzene rings is 1. The molecular formula is C17H20ClN3O2. The Kier molecular flexibility index (Phi) is 4.66. The van der Waals surface area contributed by atoms with Crippen LogP contribution < -0.4 is 5.32 Å². The summed E-state index contributed by atoms with van der Waals surface area (Å²) in [4.78, 5) is 16.6. The third-order valence-corrected chi connectivity index (χ3v) is 4.52. The van der Waals surface area contributed by atoms with Crippen molar-refractivity contribution in [2.75, 3.05) is 0 Å². The van der Waals surface area contributed by atoms with Gasteiger partial charge < -0.3 is 9.84 Å². The number of hydrogen-bond acceptors (Lipinski definition) is 4. The summed E-state index contributed by atoms with van der Waals surface area (Å²) in [7, 11) is 0. The van der Waals surface area contributed by atoms with E-state index >= 15 is 0 Å². The molecule has 1 N–H and O–H groups in total. The molecule has 0 saturated heterocycles. The first-order valence-corrected chi connectivity index (χ1v) is 8.36. The highest BCUT2D eigenvalue weighted by atomic mass is 35.5. The predicted molar refractivity (Wildman–Crippen MR) is 87.8 cm³/mol. The zero-order valence-corrected chi connectivity index (χ0v) is 14.0. The van der Waals surface area contributed by atoms with Gasteiger partial charge in [0, 0.05) is 16.5 Å². The van der Waals surface area contributed by atoms with E-state index in [9.17, 15) is 4.79 Å². The third kappa shape index (κ3) is 3.72. The molecule has 1 aromatic heterocycles. The Balaban J connectivity index is 1.81. The van der Waals surface area contributed by atoms with Gasteiger partial charge in [-0.3, -0.25) is 4.79 Å². The summed E-state index contributed by atoms with van der Waals surface area (Å²) in [6.07, 6.45) is 2.85. The maximum absolute atomic E-state index is 12.1. The molecule has 0 aliphatic heterocycles. The highest BCUT2D eigenvalue weighted by molar-refractivity contribution is 6.30. The van der Waals surface area contributed by atoms with Crippen molar-refractivity contribution in [2.24, 2.45) is 11.8 Å². The second kappa shape index (κ2) is 6.71. The Bertz CT molecular complexity index is 679. The fourth-order valence-electron chi connectivity index (χ4n) is 2.38. The highest BCUT2D eigenvalue weighted by Crippen LogP contribution is 2.32. The van der Waals surface area contributed by atoms with Crippen LogP contribution in [0.25, 0.3) is 11.4 Å². The number of nitrogens with one attached hydrogen (secondary N) is 1. The van der Waals surface area contributed by atoms with Gasteiger partial charge in [0.05, 0.1) is 0 Å². The summed E-state index contributed by atoms with van der Waals surface area (Å²) >= 11 is 5.90. The first kappa shape index (κ1) is 16.0. The van der Waals surface area contributed by atoms with Gasteiger partial charge >= 0.3 is 0 Å². The minimum atomic E-state index is -0.248. The maximum atomic E-state index is 12.1. The Morgan fingerprint density at radius 2 is 2.09 bits per heavy atom. The lowest BCUT2D eigenvalue weighted by Crippen LogP contribution is -2.33. The van der Waals surface area contributed by atoms with E-state index in [1.807, 2.05) is 12.1 Å². The monoisotopic (exact) mass is 333 g/mol. The van der Waals surface area contributed by atoms with E-state index < -0.39 is 0 Å². The van der Waals surface area contributed by atoms with Crippen molar-refractivity contribution < 1.29 is 9.32 Å². The molecular weight excluding hydrogens is 314 g/mol. The molecule has 1 aliphatic carbocycles. The van der Waals surface area contributed by atoms with Crippen LogP contribution in [0.15, 0.2) is 28.8 Å². The van der Waals surface area contributed by atoms with Crippen molar-refractivity contribution in [3.63, 3.8) is 0 Å². The van der Waals surface area contributed by atoms with Gasteiger partial charge in [-0.1, -0.05) is 37.0 Å². The predicted octanol–water partition coefficient (Wildman–Crippen LogP) is 4.00. The second-order valence-electron chi connectivity index (χ2n) is 6.11. The van der Waals surface area contributed by atoms with E-state index in [-0.39, 0.29) is 23.8 Å². The van der Waals surface area contributed by atoms with Crippen molar-refractivity contribution in [1.82, 2.24) is 15.5 Å². The van der Waals surface area contributed by atoms with Crippen molar-refractivity contribution >= 4 is 17.5 Å². The van der Waals surface area contributed by atoms with Gasteiger partial charge in [-0.2, -0.15) is 4.98 Å². The fourth-order valence-corrected chi connectivity index (χ4v) is 2.50. The van der Waals surface area contributed by atoms with Crippen molar-refractivity contribution in [2.45, 2.75) is 39.2 Å². The van der Waals surface area contributed by atoms with Gasteiger partial charge in [-0.25, -0.2) is 0 Å². The molecule has 1 saturated carbocycles. The molecule has 0 spiro atoms. The molecule has 6 heteroatoms. The number of aromatic nitrogens is 2. The van der Waals surface area contributed by atoms with E-state index in [1.165, 1.54) is 0 Å². The molecule has 3 rings (SSSR count). The molecule has 0 bridgehead atoms. The van der Waals surface area contributed by atoms with Crippen LogP contribution in [-0.4, -0.2) is 16.0 Å². The molecule has 1 aromatic carbocycles. The summed E-state index contributed by atoms with van der Waals surface area (Å²) in [5, 5.41) is 7.76. The van der Waals surface area contributed by atoms with Crippen molar-refractivity contribution in [1.29, 1.82) is 0 Å². The van der Waals surface area contributed by atoms with E-state index in [0.29, 0.717) is 16.7 Å². The number of amides is 1. The van der Waals surface area contributed by atoms with E-state index in [0.717, 1.165) is 24.8 Å². The van der Waals surface area contributed by atoms with Crippen molar-refractivity contribution in [3.8, 4) is 11.4 Å². The second-order valence-corrected chi connectivity index (χ2v) is 6.55. The van der Waals surface area contributed by atoms with Gasteiger partial charge in [0.25, 0.3) is 0 Å². The van der Waals surface area contributed by atoms with Gasteiger partial charge in [-0.15, -0.1) is 0 Å². The Morgan fingerprint density at radius 3 is 2.70 bits per heavy atom. The Hall–Kier alpha value is -1.88. The molecule has 1 aliphatic rings. The molecule has 1 amide bonds. The van der Waals surface area contributed by atoms with Crippen LogP contribution in [0.3, 0.4) is 0 Å². The standard InChI is InChI=1S/C17H20ClN3O2/c1-3-10(2)14(19-16(22)12-4-5-12)17-20-15(21-23-17)11-6-8-13(18)9-7-11/h6-10,12,14H,3-5H2,1-2H3,(H,19,22)/t10-,14+/m0/s1. The van der Waals surface area contributed by atoms with Crippen LogP contribution in [0.4, 0.5) is 0 Å². The zero-order valence-electron chi connectivity index (χ0n) is 13.3. The van der Waals surface area contributed by atoms with Gasteiger partial charge in [-0.05, 0) is 43.0 Å². The average Bonchev–Trinajstić information content (AvgIpc) is 3.30. The first-order chi connectivity index (χ1) is 11.1. The normalized spacial score (nSPS) is 16.8. The van der Waals surface area contributed by atoms with Crippen LogP contribution in [0.5, 0.6) is 0 Å². The minimum Gasteiger partial charge on any atom is -0.344 e. The molecule has 23 heavy (non-hydrogen) atoms. The lowest BCUT2D eigenvalue weighted by molar-refractivity contribution is -0.123. The summed E-state index contributed by atoms with van der Waals surface area (Å²) in [6.45, 7) is 4.15. The minimum absolute atomic E-state index is 0.0848. The van der Waals surface area contributed by atoms with Crippen LogP contribution in [0.1, 0.15) is 45.0 Å². The lowest BCUT2D eigenvalue weighted by atomic mass is 9.99. The molecule has 5 nitrogen and oxygen atoms in total. The van der Waals surface area contributed by atoms with Crippen LogP contribution in [0, 0.1) is 11.8 Å².